The van der Waals surface area contributed by atoms with Crippen LogP contribution in [0.15, 0.2) is 0 Å². The molecule has 0 bridgehead atoms. The molecule has 0 saturated carbocycles. The highest BCUT2D eigenvalue weighted by Crippen LogP contribution is 2.31. The second-order valence-electron chi connectivity index (χ2n) is 7.90. The summed E-state index contributed by atoms with van der Waals surface area (Å²) in [6.45, 7) is 19.5. The minimum atomic E-state index is 0.212. The summed E-state index contributed by atoms with van der Waals surface area (Å²) in [7, 11) is 0. The normalized spacial score (nSPS) is 20.4. The Morgan fingerprint density at radius 1 is 0.905 bits per heavy atom. The molecule has 0 aliphatic carbocycles. The topological polar surface area (TPSA) is 32.5 Å². The lowest BCUT2D eigenvalue weighted by atomic mass is 9.80. The van der Waals surface area contributed by atoms with Gasteiger partial charge in [0.05, 0.1) is 0 Å². The predicted octanol–water partition coefficient (Wildman–Crippen LogP) is 3.19. The van der Waals surface area contributed by atoms with E-state index in [4.69, 9.17) is 5.73 Å². The number of nitrogens with two attached hydrogens (primary N) is 1. The van der Waals surface area contributed by atoms with E-state index in [2.05, 4.69) is 51.3 Å². The van der Waals surface area contributed by atoms with E-state index in [1.165, 1.54) is 45.4 Å². The summed E-state index contributed by atoms with van der Waals surface area (Å²) in [6, 6.07) is 0.717. The average molecular weight is 298 g/mol. The molecule has 1 saturated heterocycles. The van der Waals surface area contributed by atoms with Crippen LogP contribution in [0.4, 0.5) is 0 Å². The lowest BCUT2D eigenvalue weighted by Crippen LogP contribution is -2.62. The van der Waals surface area contributed by atoms with Gasteiger partial charge in [-0.2, -0.15) is 0 Å². The fourth-order valence-corrected chi connectivity index (χ4v) is 4.05. The van der Waals surface area contributed by atoms with Gasteiger partial charge < -0.3 is 5.73 Å². The molecule has 0 spiro atoms. The minimum absolute atomic E-state index is 0.212. The van der Waals surface area contributed by atoms with Crippen molar-refractivity contribution in [1.29, 1.82) is 0 Å². The molecule has 2 N–H and O–H groups in total. The Kier molecular flexibility index (Phi) is 7.66. The van der Waals surface area contributed by atoms with Crippen LogP contribution < -0.4 is 5.73 Å². The van der Waals surface area contributed by atoms with Gasteiger partial charge in [-0.1, -0.05) is 34.6 Å². The minimum Gasteiger partial charge on any atom is -0.329 e. The van der Waals surface area contributed by atoms with E-state index in [1.807, 2.05) is 0 Å². The molecular weight excluding hydrogens is 258 g/mol. The Hall–Kier alpha value is -0.120. The van der Waals surface area contributed by atoms with E-state index in [-0.39, 0.29) is 5.54 Å². The van der Waals surface area contributed by atoms with Crippen LogP contribution >= 0.6 is 0 Å². The Morgan fingerprint density at radius 2 is 1.38 bits per heavy atom. The molecule has 1 unspecified atom stereocenters. The van der Waals surface area contributed by atoms with E-state index in [0.29, 0.717) is 11.8 Å². The largest absolute Gasteiger partial charge is 0.329 e. The Labute approximate surface area is 133 Å². The molecule has 3 heteroatoms. The molecule has 1 aliphatic heterocycles. The van der Waals surface area contributed by atoms with Crippen molar-refractivity contribution in [2.75, 3.05) is 32.7 Å². The standard InChI is InChI=1S/C18H39N3/c1-7-17(6)20-8-10-21(11-9-20)18(14-19,12-15(2)3)13-16(4)5/h15-17H,7-14,19H2,1-6H3. The highest BCUT2D eigenvalue weighted by atomic mass is 15.3. The number of hydrogen-bond donors (Lipinski definition) is 1. The van der Waals surface area contributed by atoms with E-state index in [0.717, 1.165) is 12.6 Å². The second-order valence-corrected chi connectivity index (χ2v) is 7.90. The van der Waals surface area contributed by atoms with Crippen LogP contribution in [-0.2, 0) is 0 Å². The molecule has 0 radical (unpaired) electrons. The molecule has 126 valence electrons. The molecule has 1 rings (SSSR count). The molecular formula is C18H39N3. The van der Waals surface area contributed by atoms with Gasteiger partial charge in [0.25, 0.3) is 0 Å². The Bertz CT molecular complexity index is 270. The molecule has 1 fully saturated rings. The van der Waals surface area contributed by atoms with Gasteiger partial charge in [-0.3, -0.25) is 9.80 Å². The fourth-order valence-electron chi connectivity index (χ4n) is 4.05. The van der Waals surface area contributed by atoms with Crippen LogP contribution in [0.25, 0.3) is 0 Å². The van der Waals surface area contributed by atoms with Gasteiger partial charge in [-0.15, -0.1) is 0 Å². The van der Waals surface area contributed by atoms with Crippen LogP contribution in [0.3, 0.4) is 0 Å². The maximum Gasteiger partial charge on any atom is 0.0337 e. The Balaban J connectivity index is 2.76. The zero-order chi connectivity index (χ0) is 16.0. The van der Waals surface area contributed by atoms with Crippen molar-refractivity contribution in [3.63, 3.8) is 0 Å². The van der Waals surface area contributed by atoms with Gasteiger partial charge in [0.15, 0.2) is 0 Å². The molecule has 3 nitrogen and oxygen atoms in total. The maximum atomic E-state index is 6.30. The zero-order valence-corrected chi connectivity index (χ0v) is 15.4. The first-order valence-electron chi connectivity index (χ1n) is 9.03. The summed E-state index contributed by atoms with van der Waals surface area (Å²) >= 11 is 0. The predicted molar refractivity (Wildman–Crippen MR) is 93.6 cm³/mol. The molecule has 1 atom stereocenters. The third kappa shape index (κ3) is 5.22. The van der Waals surface area contributed by atoms with E-state index < -0.39 is 0 Å². The summed E-state index contributed by atoms with van der Waals surface area (Å²) in [5, 5.41) is 0. The van der Waals surface area contributed by atoms with Gasteiger partial charge in [0, 0.05) is 44.3 Å². The average Bonchev–Trinajstić information content (AvgIpc) is 2.44. The summed E-state index contributed by atoms with van der Waals surface area (Å²) < 4.78 is 0. The van der Waals surface area contributed by atoms with Crippen LogP contribution in [0.2, 0.25) is 0 Å². The maximum absolute atomic E-state index is 6.30. The second kappa shape index (κ2) is 8.50. The van der Waals surface area contributed by atoms with Crippen LogP contribution in [0, 0.1) is 11.8 Å². The van der Waals surface area contributed by atoms with Gasteiger partial charge >= 0.3 is 0 Å². The monoisotopic (exact) mass is 297 g/mol. The van der Waals surface area contributed by atoms with Crippen molar-refractivity contribution < 1.29 is 0 Å². The van der Waals surface area contributed by atoms with Gasteiger partial charge in [0.1, 0.15) is 0 Å². The van der Waals surface area contributed by atoms with Crippen LogP contribution in [0.5, 0.6) is 0 Å². The summed E-state index contributed by atoms with van der Waals surface area (Å²) in [4.78, 5) is 5.36. The molecule has 0 aromatic carbocycles. The van der Waals surface area contributed by atoms with E-state index >= 15 is 0 Å². The van der Waals surface area contributed by atoms with Gasteiger partial charge in [0.2, 0.25) is 0 Å². The molecule has 1 heterocycles. The molecule has 0 aromatic rings. The van der Waals surface area contributed by atoms with Crippen molar-refractivity contribution in [3.8, 4) is 0 Å². The first-order valence-corrected chi connectivity index (χ1v) is 9.03. The van der Waals surface area contributed by atoms with Crippen molar-refractivity contribution in [1.82, 2.24) is 9.80 Å². The van der Waals surface area contributed by atoms with Crippen LogP contribution in [-0.4, -0.2) is 54.1 Å². The molecule has 1 aliphatic rings. The highest BCUT2D eigenvalue weighted by Gasteiger charge is 2.38. The molecule has 21 heavy (non-hydrogen) atoms. The van der Waals surface area contributed by atoms with Gasteiger partial charge in [-0.05, 0) is 38.0 Å². The summed E-state index contributed by atoms with van der Waals surface area (Å²) in [5.41, 5.74) is 6.51. The Morgan fingerprint density at radius 3 is 1.71 bits per heavy atom. The first-order chi connectivity index (χ1) is 9.84. The van der Waals surface area contributed by atoms with Crippen molar-refractivity contribution in [3.05, 3.63) is 0 Å². The number of rotatable bonds is 8. The number of hydrogen-bond acceptors (Lipinski definition) is 3. The van der Waals surface area contributed by atoms with Gasteiger partial charge in [-0.25, -0.2) is 0 Å². The van der Waals surface area contributed by atoms with Crippen molar-refractivity contribution in [2.24, 2.45) is 17.6 Å². The SMILES string of the molecule is CCC(C)N1CCN(C(CN)(CC(C)C)CC(C)C)CC1. The smallest absolute Gasteiger partial charge is 0.0337 e. The molecule has 0 amide bonds. The third-order valence-electron chi connectivity index (χ3n) is 5.16. The first kappa shape index (κ1) is 18.9. The quantitative estimate of drug-likeness (QED) is 0.747. The van der Waals surface area contributed by atoms with E-state index in [1.54, 1.807) is 0 Å². The number of nitrogens with zero attached hydrogens (tertiary/aromatic N) is 2. The fraction of sp³-hybridized carbons (Fsp3) is 1.00. The lowest BCUT2D eigenvalue weighted by molar-refractivity contribution is 0.000520. The summed E-state index contributed by atoms with van der Waals surface area (Å²) in [5.74, 6) is 1.42. The van der Waals surface area contributed by atoms with Crippen molar-refractivity contribution >= 4 is 0 Å². The third-order valence-corrected chi connectivity index (χ3v) is 5.16. The molecule has 0 aromatic heterocycles. The van der Waals surface area contributed by atoms with Crippen LogP contribution in [0.1, 0.15) is 60.8 Å². The van der Waals surface area contributed by atoms with Crippen molar-refractivity contribution in [2.45, 2.75) is 72.4 Å². The lowest BCUT2D eigenvalue weighted by Gasteiger charge is -2.50. The zero-order valence-electron chi connectivity index (χ0n) is 15.4. The van der Waals surface area contributed by atoms with E-state index in [9.17, 15) is 0 Å². The number of piperazine rings is 1. The summed E-state index contributed by atoms with van der Waals surface area (Å²) in [6.07, 6.45) is 3.70. The highest BCUT2D eigenvalue weighted by molar-refractivity contribution is 4.95.